The van der Waals surface area contributed by atoms with E-state index >= 15 is 0 Å². The highest BCUT2D eigenvalue weighted by Crippen LogP contribution is 2.13. The van der Waals surface area contributed by atoms with Gasteiger partial charge in [0.15, 0.2) is 0 Å². The average molecular weight is 243 g/mol. The molecule has 0 unspecified atom stereocenters. The molecule has 0 atom stereocenters. The van der Waals surface area contributed by atoms with E-state index in [1.807, 2.05) is 0 Å². The number of aromatic nitrogens is 3. The third kappa shape index (κ3) is 2.64. The van der Waals surface area contributed by atoms with Crippen LogP contribution < -0.4 is 5.84 Å². The fourth-order valence-corrected chi connectivity index (χ4v) is 2.10. The Balaban J connectivity index is 1.81. The molecule has 1 aromatic heterocycles. The molecule has 0 bridgehead atoms. The van der Waals surface area contributed by atoms with Crippen molar-refractivity contribution in [3.8, 4) is 0 Å². The summed E-state index contributed by atoms with van der Waals surface area (Å²) in [6.07, 6.45) is 1.40. The summed E-state index contributed by atoms with van der Waals surface area (Å²) in [5.74, 6) is 5.94. The molecule has 0 saturated carbocycles. The van der Waals surface area contributed by atoms with Crippen LogP contribution in [0.1, 0.15) is 0 Å². The SMILES string of the molecule is Nn1cnnc1SCC(=O)N1CCOCC1. The molecular formula is C8H13N5O2S. The van der Waals surface area contributed by atoms with Gasteiger partial charge < -0.3 is 15.5 Å². The highest BCUT2D eigenvalue weighted by molar-refractivity contribution is 7.99. The highest BCUT2D eigenvalue weighted by Gasteiger charge is 2.17. The fourth-order valence-electron chi connectivity index (χ4n) is 1.37. The molecule has 0 spiro atoms. The molecule has 2 rings (SSSR count). The Hall–Kier alpha value is -1.28. The highest BCUT2D eigenvalue weighted by atomic mass is 32.2. The molecule has 1 aliphatic rings. The smallest absolute Gasteiger partial charge is 0.233 e. The molecule has 2 heterocycles. The maximum atomic E-state index is 11.8. The number of hydrogen-bond acceptors (Lipinski definition) is 6. The lowest BCUT2D eigenvalue weighted by Gasteiger charge is -2.26. The minimum absolute atomic E-state index is 0.0799. The van der Waals surface area contributed by atoms with Crippen LogP contribution in [0.25, 0.3) is 0 Å². The zero-order valence-corrected chi connectivity index (χ0v) is 9.52. The van der Waals surface area contributed by atoms with Crippen LogP contribution in [0.3, 0.4) is 0 Å². The largest absolute Gasteiger partial charge is 0.378 e. The van der Waals surface area contributed by atoms with Crippen LogP contribution >= 0.6 is 11.8 Å². The maximum absolute atomic E-state index is 11.8. The summed E-state index contributed by atoms with van der Waals surface area (Å²) in [7, 11) is 0. The second-order valence-corrected chi connectivity index (χ2v) is 4.25. The Kier molecular flexibility index (Phi) is 3.62. The molecule has 88 valence electrons. The van der Waals surface area contributed by atoms with Crippen LogP contribution in [0.5, 0.6) is 0 Å². The van der Waals surface area contributed by atoms with Gasteiger partial charge in [-0.15, -0.1) is 10.2 Å². The standard InChI is InChI=1S/C8H13N5O2S/c9-13-6-10-11-8(13)16-5-7(14)12-1-3-15-4-2-12/h6H,1-5,9H2. The van der Waals surface area contributed by atoms with E-state index < -0.39 is 0 Å². The van der Waals surface area contributed by atoms with Gasteiger partial charge in [0.1, 0.15) is 6.33 Å². The van der Waals surface area contributed by atoms with Gasteiger partial charge in [-0.3, -0.25) is 4.79 Å². The zero-order chi connectivity index (χ0) is 11.4. The lowest BCUT2D eigenvalue weighted by Crippen LogP contribution is -2.41. The van der Waals surface area contributed by atoms with Crippen molar-refractivity contribution in [2.24, 2.45) is 0 Å². The molecule has 8 heteroatoms. The molecule has 0 aliphatic carbocycles. The van der Waals surface area contributed by atoms with Gasteiger partial charge in [-0.1, -0.05) is 11.8 Å². The summed E-state index contributed by atoms with van der Waals surface area (Å²) < 4.78 is 6.48. The molecule has 0 aromatic carbocycles. The van der Waals surface area contributed by atoms with Gasteiger partial charge in [0.05, 0.1) is 19.0 Å². The Labute approximate surface area is 96.9 Å². The number of rotatable bonds is 3. The minimum Gasteiger partial charge on any atom is -0.378 e. The Morgan fingerprint density at radius 2 is 2.31 bits per heavy atom. The van der Waals surface area contributed by atoms with Gasteiger partial charge in [-0.25, -0.2) is 4.68 Å². The number of amides is 1. The van der Waals surface area contributed by atoms with Crippen molar-refractivity contribution in [3.63, 3.8) is 0 Å². The topological polar surface area (TPSA) is 86.3 Å². The lowest BCUT2D eigenvalue weighted by atomic mass is 10.4. The first-order valence-corrected chi connectivity index (χ1v) is 5.89. The quantitative estimate of drug-likeness (QED) is 0.538. The summed E-state index contributed by atoms with van der Waals surface area (Å²) in [4.78, 5) is 13.5. The molecule has 2 N–H and O–H groups in total. The van der Waals surface area contributed by atoms with Crippen LogP contribution in [-0.4, -0.2) is 57.7 Å². The fraction of sp³-hybridized carbons (Fsp3) is 0.625. The molecule has 1 saturated heterocycles. The Bertz CT molecular complexity index is 363. The number of nitrogen functional groups attached to an aromatic ring is 1. The molecule has 7 nitrogen and oxygen atoms in total. The minimum atomic E-state index is 0.0799. The normalized spacial score (nSPS) is 16.4. The van der Waals surface area contributed by atoms with Gasteiger partial charge >= 0.3 is 0 Å². The van der Waals surface area contributed by atoms with E-state index in [1.54, 1.807) is 4.90 Å². The van der Waals surface area contributed by atoms with Crippen molar-refractivity contribution in [2.45, 2.75) is 5.16 Å². The van der Waals surface area contributed by atoms with E-state index in [0.29, 0.717) is 37.2 Å². The van der Waals surface area contributed by atoms with Crippen molar-refractivity contribution < 1.29 is 9.53 Å². The van der Waals surface area contributed by atoms with E-state index in [4.69, 9.17) is 10.6 Å². The molecule has 1 amide bonds. The van der Waals surface area contributed by atoms with Crippen LogP contribution in [0, 0.1) is 0 Å². The Morgan fingerprint density at radius 3 is 2.94 bits per heavy atom. The third-order valence-electron chi connectivity index (χ3n) is 2.23. The van der Waals surface area contributed by atoms with Crippen molar-refractivity contribution in [1.29, 1.82) is 0 Å². The number of carbonyl (C=O) groups excluding carboxylic acids is 1. The molecule has 16 heavy (non-hydrogen) atoms. The summed E-state index contributed by atoms with van der Waals surface area (Å²) in [5, 5.41) is 7.97. The predicted molar refractivity (Wildman–Crippen MR) is 58.3 cm³/mol. The summed E-state index contributed by atoms with van der Waals surface area (Å²) in [6.45, 7) is 2.55. The van der Waals surface area contributed by atoms with Crippen molar-refractivity contribution >= 4 is 17.7 Å². The summed E-state index contributed by atoms with van der Waals surface area (Å²) in [5.41, 5.74) is 0. The van der Waals surface area contributed by atoms with Crippen LogP contribution in [0.4, 0.5) is 0 Å². The summed E-state index contributed by atoms with van der Waals surface area (Å²) in [6, 6.07) is 0. The predicted octanol–water partition coefficient (Wildman–Crippen LogP) is -1.06. The Morgan fingerprint density at radius 1 is 1.56 bits per heavy atom. The lowest BCUT2D eigenvalue weighted by molar-refractivity contribution is -0.132. The second-order valence-electron chi connectivity index (χ2n) is 3.30. The van der Waals surface area contributed by atoms with Crippen LogP contribution in [0.15, 0.2) is 11.5 Å². The number of thioether (sulfide) groups is 1. The zero-order valence-electron chi connectivity index (χ0n) is 8.70. The van der Waals surface area contributed by atoms with Gasteiger partial charge in [0, 0.05) is 13.1 Å². The number of nitrogens with zero attached hydrogens (tertiary/aromatic N) is 4. The number of ether oxygens (including phenoxy) is 1. The van der Waals surface area contributed by atoms with Gasteiger partial charge in [0.25, 0.3) is 0 Å². The van der Waals surface area contributed by atoms with E-state index in [-0.39, 0.29) is 5.91 Å². The van der Waals surface area contributed by atoms with Crippen LogP contribution in [0.2, 0.25) is 0 Å². The maximum Gasteiger partial charge on any atom is 0.233 e. The number of nitrogens with two attached hydrogens (primary N) is 1. The summed E-state index contributed by atoms with van der Waals surface area (Å²) >= 11 is 1.29. The van der Waals surface area contributed by atoms with E-state index in [2.05, 4.69) is 10.2 Å². The monoisotopic (exact) mass is 243 g/mol. The van der Waals surface area contributed by atoms with Crippen molar-refractivity contribution in [2.75, 3.05) is 37.9 Å². The van der Waals surface area contributed by atoms with E-state index in [1.165, 1.54) is 22.8 Å². The van der Waals surface area contributed by atoms with Gasteiger partial charge in [-0.2, -0.15) is 0 Å². The molecular weight excluding hydrogens is 230 g/mol. The first-order chi connectivity index (χ1) is 7.77. The average Bonchev–Trinajstić information content (AvgIpc) is 2.73. The third-order valence-corrected chi connectivity index (χ3v) is 3.17. The molecule has 0 radical (unpaired) electrons. The first-order valence-electron chi connectivity index (χ1n) is 4.91. The van der Waals surface area contributed by atoms with E-state index in [0.717, 1.165) is 0 Å². The second kappa shape index (κ2) is 5.17. The van der Waals surface area contributed by atoms with Crippen molar-refractivity contribution in [3.05, 3.63) is 6.33 Å². The molecule has 1 fully saturated rings. The van der Waals surface area contributed by atoms with Gasteiger partial charge in [-0.05, 0) is 0 Å². The molecule has 1 aliphatic heterocycles. The van der Waals surface area contributed by atoms with Crippen molar-refractivity contribution in [1.82, 2.24) is 19.8 Å². The number of carbonyl (C=O) groups is 1. The number of hydrogen-bond donors (Lipinski definition) is 1. The van der Waals surface area contributed by atoms with Gasteiger partial charge in [0.2, 0.25) is 11.1 Å². The van der Waals surface area contributed by atoms with Crippen LogP contribution in [-0.2, 0) is 9.53 Å². The first kappa shape index (κ1) is 11.2. The number of morpholine rings is 1. The van der Waals surface area contributed by atoms with E-state index in [9.17, 15) is 4.79 Å². The molecule has 1 aromatic rings.